The molecule has 2 aromatic heterocycles. The Balaban J connectivity index is 1.37. The van der Waals surface area contributed by atoms with Gasteiger partial charge in [0.15, 0.2) is 0 Å². The lowest BCUT2D eigenvalue weighted by Gasteiger charge is -2.34. The minimum absolute atomic E-state index is 0.0847. The molecule has 1 fully saturated rings. The molecule has 32 heavy (non-hydrogen) atoms. The third kappa shape index (κ3) is 4.57. The normalized spacial score (nSPS) is 14.5. The van der Waals surface area contributed by atoms with Crippen LogP contribution in [0.25, 0.3) is 10.9 Å². The SMILES string of the molecule is CC(=O)N(Cc1cn(C)c2ccccc12)CC1CCN(c2ncc(C(=O)NO)cn2)CC1. The summed E-state index contributed by atoms with van der Waals surface area (Å²) in [5.41, 5.74) is 4.11. The monoisotopic (exact) mass is 436 g/mol. The molecule has 3 aromatic rings. The highest BCUT2D eigenvalue weighted by atomic mass is 16.5. The molecule has 0 aliphatic carbocycles. The van der Waals surface area contributed by atoms with Crippen molar-refractivity contribution in [2.75, 3.05) is 24.5 Å². The summed E-state index contributed by atoms with van der Waals surface area (Å²) in [5, 5.41) is 9.88. The van der Waals surface area contributed by atoms with E-state index in [1.54, 1.807) is 12.4 Å². The fraction of sp³-hybridized carbons (Fsp3) is 0.391. The highest BCUT2D eigenvalue weighted by molar-refractivity contribution is 5.92. The first-order valence-electron chi connectivity index (χ1n) is 10.8. The van der Waals surface area contributed by atoms with E-state index in [-0.39, 0.29) is 11.5 Å². The number of nitrogens with one attached hydrogen (secondary N) is 1. The van der Waals surface area contributed by atoms with Gasteiger partial charge in [0.1, 0.15) is 0 Å². The lowest BCUT2D eigenvalue weighted by atomic mass is 9.96. The van der Waals surface area contributed by atoms with E-state index in [1.165, 1.54) is 23.3 Å². The number of piperidine rings is 1. The van der Waals surface area contributed by atoms with Gasteiger partial charge in [0.25, 0.3) is 5.91 Å². The van der Waals surface area contributed by atoms with E-state index in [2.05, 4.69) is 37.8 Å². The van der Waals surface area contributed by atoms with Crippen molar-refractivity contribution in [3.8, 4) is 0 Å². The van der Waals surface area contributed by atoms with Gasteiger partial charge in [0.05, 0.1) is 5.56 Å². The molecule has 1 aromatic carbocycles. The first-order chi connectivity index (χ1) is 15.5. The average Bonchev–Trinajstić information content (AvgIpc) is 3.14. The summed E-state index contributed by atoms with van der Waals surface area (Å²) in [6.07, 6.45) is 6.79. The van der Waals surface area contributed by atoms with Crippen LogP contribution in [-0.4, -0.2) is 56.1 Å². The molecule has 1 aliphatic heterocycles. The summed E-state index contributed by atoms with van der Waals surface area (Å²) in [6, 6.07) is 8.26. The van der Waals surface area contributed by atoms with E-state index in [4.69, 9.17) is 5.21 Å². The van der Waals surface area contributed by atoms with E-state index < -0.39 is 5.91 Å². The summed E-state index contributed by atoms with van der Waals surface area (Å²) in [6.45, 7) is 4.54. The molecule has 4 rings (SSSR count). The number of carbonyl (C=O) groups is 2. The Morgan fingerprint density at radius 1 is 1.19 bits per heavy atom. The van der Waals surface area contributed by atoms with E-state index in [0.717, 1.165) is 38.0 Å². The van der Waals surface area contributed by atoms with E-state index in [9.17, 15) is 9.59 Å². The van der Waals surface area contributed by atoms with Gasteiger partial charge in [0, 0.05) is 69.6 Å². The number of hydroxylamine groups is 1. The molecule has 0 atom stereocenters. The topological polar surface area (TPSA) is 104 Å². The maximum absolute atomic E-state index is 12.4. The third-order valence-corrected chi connectivity index (χ3v) is 6.16. The Kier molecular flexibility index (Phi) is 6.36. The Hall–Kier alpha value is -3.46. The molecule has 0 saturated carbocycles. The Labute approximate surface area is 186 Å². The zero-order valence-corrected chi connectivity index (χ0v) is 18.4. The molecule has 0 spiro atoms. The number of fused-ring (bicyclic) bond motifs is 1. The van der Waals surface area contributed by atoms with Crippen LogP contribution >= 0.6 is 0 Å². The Morgan fingerprint density at radius 2 is 1.88 bits per heavy atom. The van der Waals surface area contributed by atoms with Gasteiger partial charge in [0.2, 0.25) is 11.9 Å². The number of para-hydroxylation sites is 1. The van der Waals surface area contributed by atoms with Gasteiger partial charge in [-0.15, -0.1) is 0 Å². The molecular formula is C23H28N6O3. The van der Waals surface area contributed by atoms with Crippen molar-refractivity contribution in [1.29, 1.82) is 0 Å². The fourth-order valence-corrected chi connectivity index (χ4v) is 4.36. The molecule has 168 valence electrons. The molecule has 1 saturated heterocycles. The summed E-state index contributed by atoms with van der Waals surface area (Å²) >= 11 is 0. The van der Waals surface area contributed by atoms with Crippen LogP contribution in [0, 0.1) is 5.92 Å². The van der Waals surface area contributed by atoms with Crippen LogP contribution in [0.15, 0.2) is 42.9 Å². The van der Waals surface area contributed by atoms with Gasteiger partial charge in [-0.05, 0) is 30.4 Å². The van der Waals surface area contributed by atoms with Crippen LogP contribution in [-0.2, 0) is 18.4 Å². The Morgan fingerprint density at radius 3 is 2.53 bits per heavy atom. The number of hydrogen-bond acceptors (Lipinski definition) is 6. The molecule has 0 unspecified atom stereocenters. The molecule has 2 amide bonds. The van der Waals surface area contributed by atoms with E-state index in [0.29, 0.717) is 18.4 Å². The number of nitrogens with zero attached hydrogens (tertiary/aromatic N) is 5. The van der Waals surface area contributed by atoms with Gasteiger partial charge in [-0.3, -0.25) is 14.8 Å². The van der Waals surface area contributed by atoms with Crippen LogP contribution in [0.5, 0.6) is 0 Å². The predicted octanol–water partition coefficient (Wildman–Crippen LogP) is 2.35. The number of carbonyl (C=O) groups excluding carboxylic acids is 2. The number of rotatable bonds is 6. The lowest BCUT2D eigenvalue weighted by Crippen LogP contribution is -2.40. The fourth-order valence-electron chi connectivity index (χ4n) is 4.36. The maximum Gasteiger partial charge on any atom is 0.277 e. The smallest absolute Gasteiger partial charge is 0.277 e. The van der Waals surface area contributed by atoms with Crippen molar-refractivity contribution in [3.05, 3.63) is 54.0 Å². The summed E-state index contributed by atoms with van der Waals surface area (Å²) in [7, 11) is 2.03. The average molecular weight is 437 g/mol. The van der Waals surface area contributed by atoms with Gasteiger partial charge in [-0.1, -0.05) is 18.2 Å². The van der Waals surface area contributed by atoms with Crippen LogP contribution in [0.4, 0.5) is 5.95 Å². The first-order valence-corrected chi connectivity index (χ1v) is 10.8. The molecule has 1 aliphatic rings. The zero-order valence-electron chi connectivity index (χ0n) is 18.4. The quantitative estimate of drug-likeness (QED) is 0.454. The van der Waals surface area contributed by atoms with Crippen molar-refractivity contribution in [2.24, 2.45) is 13.0 Å². The highest BCUT2D eigenvalue weighted by Crippen LogP contribution is 2.25. The van der Waals surface area contributed by atoms with Crippen molar-refractivity contribution in [2.45, 2.75) is 26.3 Å². The largest absolute Gasteiger partial charge is 0.350 e. The molecule has 9 nitrogen and oxygen atoms in total. The number of aromatic nitrogens is 3. The van der Waals surface area contributed by atoms with Gasteiger partial charge < -0.3 is 14.4 Å². The molecule has 2 N–H and O–H groups in total. The number of anilines is 1. The van der Waals surface area contributed by atoms with Crippen LogP contribution in [0.1, 0.15) is 35.7 Å². The van der Waals surface area contributed by atoms with Crippen molar-refractivity contribution >= 4 is 28.7 Å². The molecule has 0 radical (unpaired) electrons. The summed E-state index contributed by atoms with van der Waals surface area (Å²) in [4.78, 5) is 36.3. The molecule has 9 heteroatoms. The number of hydrogen-bond donors (Lipinski definition) is 2. The minimum atomic E-state index is -0.634. The standard InChI is InChI=1S/C23H28N6O3/c1-16(30)29(15-19-14-27(2)21-6-4-3-5-20(19)21)13-17-7-9-28(10-8-17)23-24-11-18(12-25-23)22(31)26-32/h3-6,11-12,14,17,32H,7-10,13,15H2,1-2H3,(H,26,31). The van der Waals surface area contributed by atoms with Crippen LogP contribution < -0.4 is 10.4 Å². The van der Waals surface area contributed by atoms with Crippen LogP contribution in [0.3, 0.4) is 0 Å². The number of amides is 2. The second-order valence-electron chi connectivity index (χ2n) is 8.33. The highest BCUT2D eigenvalue weighted by Gasteiger charge is 2.24. The summed E-state index contributed by atoms with van der Waals surface area (Å²) in [5.74, 6) is 0.425. The molecular weight excluding hydrogens is 408 g/mol. The number of benzene rings is 1. The van der Waals surface area contributed by atoms with E-state index in [1.807, 2.05) is 24.1 Å². The first kappa shape index (κ1) is 21.8. The van der Waals surface area contributed by atoms with Gasteiger partial charge in [-0.2, -0.15) is 0 Å². The second kappa shape index (κ2) is 9.35. The van der Waals surface area contributed by atoms with Gasteiger partial charge >= 0.3 is 0 Å². The lowest BCUT2D eigenvalue weighted by molar-refractivity contribution is -0.130. The van der Waals surface area contributed by atoms with Gasteiger partial charge in [-0.25, -0.2) is 15.4 Å². The van der Waals surface area contributed by atoms with Crippen LogP contribution in [0.2, 0.25) is 0 Å². The summed E-state index contributed by atoms with van der Waals surface area (Å²) < 4.78 is 2.11. The van der Waals surface area contributed by atoms with Crippen molar-refractivity contribution in [3.63, 3.8) is 0 Å². The maximum atomic E-state index is 12.4. The number of aryl methyl sites for hydroxylation is 1. The van der Waals surface area contributed by atoms with Crippen molar-refractivity contribution in [1.82, 2.24) is 24.9 Å². The Bertz CT molecular complexity index is 1100. The van der Waals surface area contributed by atoms with Crippen molar-refractivity contribution < 1.29 is 14.8 Å². The second-order valence-corrected chi connectivity index (χ2v) is 8.33. The molecule has 0 bridgehead atoms. The zero-order chi connectivity index (χ0) is 22.7. The minimum Gasteiger partial charge on any atom is -0.350 e. The van der Waals surface area contributed by atoms with E-state index >= 15 is 0 Å². The molecule has 3 heterocycles. The third-order valence-electron chi connectivity index (χ3n) is 6.16. The predicted molar refractivity (Wildman–Crippen MR) is 120 cm³/mol.